The number of hydrogen-bond acceptors (Lipinski definition) is 4. The maximum atomic E-state index is 12.5. The van der Waals surface area contributed by atoms with Gasteiger partial charge in [-0.15, -0.1) is 0 Å². The molecule has 3 rings (SSSR count). The zero-order valence-electron chi connectivity index (χ0n) is 10.5. The summed E-state index contributed by atoms with van der Waals surface area (Å²) in [4.78, 5) is 40.6. The first kappa shape index (κ1) is 12.3. The second-order valence-corrected chi connectivity index (χ2v) is 4.51. The van der Waals surface area contributed by atoms with Crippen molar-refractivity contribution in [2.75, 3.05) is 13.1 Å². The number of benzene rings is 1. The minimum atomic E-state index is -0.465. The van der Waals surface area contributed by atoms with E-state index in [1.807, 2.05) is 12.1 Å². The second-order valence-electron chi connectivity index (χ2n) is 4.51. The van der Waals surface area contributed by atoms with Crippen molar-refractivity contribution in [2.45, 2.75) is 0 Å². The maximum Gasteiger partial charge on any atom is 0.255 e. The molecule has 1 fully saturated rings. The maximum absolute atomic E-state index is 12.5. The van der Waals surface area contributed by atoms with Crippen LogP contribution in [0.25, 0.3) is 10.9 Å². The van der Waals surface area contributed by atoms with Crippen LogP contribution in [0, 0.1) is 0 Å². The van der Waals surface area contributed by atoms with Gasteiger partial charge in [0.1, 0.15) is 13.1 Å². The summed E-state index contributed by atoms with van der Waals surface area (Å²) in [5, 5.41) is 2.88. The van der Waals surface area contributed by atoms with Crippen LogP contribution in [-0.4, -0.2) is 40.7 Å². The lowest BCUT2D eigenvalue weighted by molar-refractivity contribution is -0.135. The number of piperazine rings is 1. The van der Waals surface area contributed by atoms with Crippen molar-refractivity contribution in [3.63, 3.8) is 0 Å². The monoisotopic (exact) mass is 269 g/mol. The number of fused-ring (bicyclic) bond motifs is 1. The van der Waals surface area contributed by atoms with Crippen LogP contribution in [0.4, 0.5) is 0 Å². The van der Waals surface area contributed by atoms with Gasteiger partial charge in [-0.3, -0.25) is 24.7 Å². The Morgan fingerprint density at radius 2 is 1.80 bits per heavy atom. The van der Waals surface area contributed by atoms with Crippen molar-refractivity contribution < 1.29 is 14.4 Å². The standard InChI is InChI=1S/C14H11N3O3/c18-12-7-17(8-13(19)16-12)14(20)10-5-6-15-11-4-2-1-3-9(10)11/h1-6H,7-8H2,(H,16,18,19). The van der Waals surface area contributed by atoms with E-state index in [0.717, 1.165) is 0 Å². The smallest absolute Gasteiger partial charge is 0.255 e. The Labute approximate surface area is 114 Å². The lowest BCUT2D eigenvalue weighted by Crippen LogP contribution is -2.53. The SMILES string of the molecule is O=C1CN(C(=O)c2ccnc3ccccc23)CC(=O)N1. The molecule has 1 N–H and O–H groups in total. The van der Waals surface area contributed by atoms with E-state index in [0.29, 0.717) is 16.5 Å². The third kappa shape index (κ3) is 2.11. The van der Waals surface area contributed by atoms with Gasteiger partial charge in [0.15, 0.2) is 0 Å². The van der Waals surface area contributed by atoms with E-state index in [1.165, 1.54) is 4.90 Å². The average Bonchev–Trinajstić information content (AvgIpc) is 2.45. The predicted octanol–water partition coefficient (Wildman–Crippen LogP) is 0.333. The molecule has 0 bridgehead atoms. The van der Waals surface area contributed by atoms with Gasteiger partial charge in [-0.25, -0.2) is 0 Å². The highest BCUT2D eigenvalue weighted by atomic mass is 16.2. The first-order chi connectivity index (χ1) is 9.65. The summed E-state index contributed by atoms with van der Waals surface area (Å²) < 4.78 is 0. The predicted molar refractivity (Wildman–Crippen MR) is 70.8 cm³/mol. The highest BCUT2D eigenvalue weighted by Crippen LogP contribution is 2.18. The zero-order valence-corrected chi connectivity index (χ0v) is 10.5. The van der Waals surface area contributed by atoms with Crippen molar-refractivity contribution in [3.05, 3.63) is 42.1 Å². The molecule has 2 heterocycles. The first-order valence-electron chi connectivity index (χ1n) is 6.11. The van der Waals surface area contributed by atoms with E-state index in [4.69, 9.17) is 0 Å². The van der Waals surface area contributed by atoms with Crippen LogP contribution in [0.1, 0.15) is 10.4 Å². The average molecular weight is 269 g/mol. The van der Waals surface area contributed by atoms with Crippen LogP contribution in [0.3, 0.4) is 0 Å². The van der Waals surface area contributed by atoms with E-state index in [2.05, 4.69) is 10.3 Å². The Hall–Kier alpha value is -2.76. The second kappa shape index (κ2) is 4.73. The number of para-hydroxylation sites is 1. The third-order valence-electron chi connectivity index (χ3n) is 3.11. The molecule has 0 unspecified atom stereocenters. The van der Waals surface area contributed by atoms with Gasteiger partial charge < -0.3 is 4.90 Å². The van der Waals surface area contributed by atoms with E-state index in [9.17, 15) is 14.4 Å². The van der Waals surface area contributed by atoms with Crippen LogP contribution in [0.5, 0.6) is 0 Å². The molecule has 100 valence electrons. The summed E-state index contributed by atoms with van der Waals surface area (Å²) in [7, 11) is 0. The number of nitrogens with one attached hydrogen (secondary N) is 1. The first-order valence-corrected chi connectivity index (χ1v) is 6.11. The number of carbonyl (C=O) groups is 3. The van der Waals surface area contributed by atoms with Crippen molar-refractivity contribution in [1.82, 2.24) is 15.2 Å². The van der Waals surface area contributed by atoms with Crippen LogP contribution < -0.4 is 5.32 Å². The third-order valence-corrected chi connectivity index (χ3v) is 3.11. The number of hydrogen-bond donors (Lipinski definition) is 1. The molecule has 1 aliphatic rings. The molecule has 1 aromatic carbocycles. The van der Waals surface area contributed by atoms with Gasteiger partial charge >= 0.3 is 0 Å². The Kier molecular flexibility index (Phi) is 2.90. The van der Waals surface area contributed by atoms with Crippen LogP contribution in [-0.2, 0) is 9.59 Å². The van der Waals surface area contributed by atoms with Gasteiger partial charge in [0, 0.05) is 11.6 Å². The molecular formula is C14H11N3O3. The number of rotatable bonds is 1. The summed E-state index contributed by atoms with van der Waals surface area (Å²) in [6.07, 6.45) is 1.54. The largest absolute Gasteiger partial charge is 0.320 e. The van der Waals surface area contributed by atoms with Gasteiger partial charge in [0.2, 0.25) is 11.8 Å². The highest BCUT2D eigenvalue weighted by molar-refractivity contribution is 6.10. The summed E-state index contributed by atoms with van der Waals surface area (Å²) in [6, 6.07) is 8.85. The zero-order chi connectivity index (χ0) is 14.1. The van der Waals surface area contributed by atoms with Crippen LogP contribution >= 0.6 is 0 Å². The minimum absolute atomic E-state index is 0.110. The van der Waals surface area contributed by atoms with E-state index in [-0.39, 0.29) is 19.0 Å². The van der Waals surface area contributed by atoms with Crippen LogP contribution in [0.15, 0.2) is 36.5 Å². The van der Waals surface area contributed by atoms with Crippen molar-refractivity contribution >= 4 is 28.6 Å². The number of carbonyl (C=O) groups excluding carboxylic acids is 3. The summed E-state index contributed by atoms with van der Waals surface area (Å²) in [5.41, 5.74) is 1.14. The Bertz CT molecular complexity index is 705. The molecule has 2 aromatic rings. The lowest BCUT2D eigenvalue weighted by Gasteiger charge is -2.25. The molecule has 1 saturated heterocycles. The Balaban J connectivity index is 2.00. The molecule has 1 aliphatic heterocycles. The van der Waals surface area contributed by atoms with E-state index < -0.39 is 11.8 Å². The molecule has 0 spiro atoms. The van der Waals surface area contributed by atoms with Crippen molar-refractivity contribution in [1.29, 1.82) is 0 Å². The summed E-state index contributed by atoms with van der Waals surface area (Å²) in [5.74, 6) is -1.27. The molecule has 0 aliphatic carbocycles. The molecule has 0 atom stereocenters. The molecule has 1 aromatic heterocycles. The number of nitrogens with zero attached hydrogens (tertiary/aromatic N) is 2. The minimum Gasteiger partial charge on any atom is -0.320 e. The fraction of sp³-hybridized carbons (Fsp3) is 0.143. The van der Waals surface area contributed by atoms with Gasteiger partial charge in [0.25, 0.3) is 5.91 Å². The number of amides is 3. The molecule has 6 heteroatoms. The summed E-state index contributed by atoms with van der Waals surface area (Å²) >= 11 is 0. The fourth-order valence-electron chi connectivity index (χ4n) is 2.23. The molecule has 20 heavy (non-hydrogen) atoms. The summed E-state index contributed by atoms with van der Waals surface area (Å²) in [6.45, 7) is -0.220. The van der Waals surface area contributed by atoms with Gasteiger partial charge in [0.05, 0.1) is 11.1 Å². The lowest BCUT2D eigenvalue weighted by atomic mass is 10.1. The number of aromatic nitrogens is 1. The fourth-order valence-corrected chi connectivity index (χ4v) is 2.23. The topological polar surface area (TPSA) is 79.4 Å². The van der Waals surface area contributed by atoms with Crippen molar-refractivity contribution in [3.8, 4) is 0 Å². The molecular weight excluding hydrogens is 258 g/mol. The molecule has 6 nitrogen and oxygen atoms in total. The molecule has 0 radical (unpaired) electrons. The number of pyridine rings is 1. The molecule has 3 amide bonds. The number of imide groups is 1. The van der Waals surface area contributed by atoms with Gasteiger partial charge in [-0.05, 0) is 12.1 Å². The van der Waals surface area contributed by atoms with E-state index in [1.54, 1.807) is 24.4 Å². The Morgan fingerprint density at radius 3 is 2.55 bits per heavy atom. The van der Waals surface area contributed by atoms with Gasteiger partial charge in [-0.2, -0.15) is 0 Å². The van der Waals surface area contributed by atoms with Gasteiger partial charge in [-0.1, -0.05) is 18.2 Å². The quantitative estimate of drug-likeness (QED) is 0.757. The normalized spacial score (nSPS) is 15.3. The van der Waals surface area contributed by atoms with E-state index >= 15 is 0 Å². The Morgan fingerprint density at radius 1 is 1.10 bits per heavy atom. The van der Waals surface area contributed by atoms with Crippen LogP contribution in [0.2, 0.25) is 0 Å². The van der Waals surface area contributed by atoms with Crippen molar-refractivity contribution in [2.24, 2.45) is 0 Å². The highest BCUT2D eigenvalue weighted by Gasteiger charge is 2.27. The molecule has 0 saturated carbocycles.